The minimum absolute atomic E-state index is 0.255. The number of nitrogens with zero attached hydrogens (tertiary/aromatic N) is 1. The lowest BCUT2D eigenvalue weighted by atomic mass is 10.1. The van der Waals surface area contributed by atoms with Gasteiger partial charge in [-0.05, 0) is 37.1 Å². The summed E-state index contributed by atoms with van der Waals surface area (Å²) >= 11 is 0. The van der Waals surface area contributed by atoms with Crippen LogP contribution in [-0.2, 0) is 6.54 Å². The van der Waals surface area contributed by atoms with Crippen LogP contribution in [0.15, 0.2) is 36.4 Å². The van der Waals surface area contributed by atoms with Gasteiger partial charge in [-0.3, -0.25) is 10.1 Å². The molecule has 1 N–H and O–H groups in total. The number of nitro benzene ring substituents is 1. The number of halogens is 1. The van der Waals surface area contributed by atoms with Crippen molar-refractivity contribution in [1.29, 1.82) is 0 Å². The Labute approximate surface area is 116 Å². The van der Waals surface area contributed by atoms with Gasteiger partial charge in [-0.15, -0.1) is 0 Å². The molecule has 2 aromatic carbocycles. The predicted molar refractivity (Wildman–Crippen MR) is 76.3 cm³/mol. The molecule has 0 aliphatic heterocycles. The number of benzene rings is 2. The molecule has 0 heterocycles. The van der Waals surface area contributed by atoms with Crippen LogP contribution in [0.2, 0.25) is 0 Å². The summed E-state index contributed by atoms with van der Waals surface area (Å²) < 4.78 is 13.0. The first-order valence-electron chi connectivity index (χ1n) is 6.21. The van der Waals surface area contributed by atoms with E-state index in [9.17, 15) is 14.5 Å². The molecule has 0 atom stereocenters. The molecule has 0 spiro atoms. The summed E-state index contributed by atoms with van der Waals surface area (Å²) in [6.45, 7) is 4.46. The maximum atomic E-state index is 13.0. The maximum absolute atomic E-state index is 13.0. The summed E-state index contributed by atoms with van der Waals surface area (Å²) in [4.78, 5) is 10.3. The van der Waals surface area contributed by atoms with E-state index in [-0.39, 0.29) is 5.69 Å². The van der Waals surface area contributed by atoms with Crippen LogP contribution < -0.4 is 5.32 Å². The monoisotopic (exact) mass is 274 g/mol. The lowest BCUT2D eigenvalue weighted by molar-refractivity contribution is -0.384. The Hall–Kier alpha value is -2.43. The van der Waals surface area contributed by atoms with Gasteiger partial charge in [0, 0.05) is 6.54 Å². The molecule has 20 heavy (non-hydrogen) atoms. The molecule has 4 nitrogen and oxygen atoms in total. The fourth-order valence-corrected chi connectivity index (χ4v) is 2.04. The van der Waals surface area contributed by atoms with Crippen molar-refractivity contribution < 1.29 is 9.31 Å². The van der Waals surface area contributed by atoms with Crippen LogP contribution in [0, 0.1) is 29.8 Å². The van der Waals surface area contributed by atoms with E-state index < -0.39 is 10.7 Å². The van der Waals surface area contributed by atoms with Gasteiger partial charge in [-0.1, -0.05) is 23.8 Å². The van der Waals surface area contributed by atoms with Crippen molar-refractivity contribution in [3.05, 3.63) is 69.0 Å². The Balaban J connectivity index is 2.20. The van der Waals surface area contributed by atoms with Gasteiger partial charge in [-0.25, -0.2) is 4.39 Å². The predicted octanol–water partition coefficient (Wildman–Crippen LogP) is 3.96. The zero-order valence-electron chi connectivity index (χ0n) is 11.3. The van der Waals surface area contributed by atoms with E-state index in [4.69, 9.17) is 0 Å². The first-order chi connectivity index (χ1) is 9.47. The van der Waals surface area contributed by atoms with Gasteiger partial charge in [0.25, 0.3) is 5.69 Å². The summed E-state index contributed by atoms with van der Waals surface area (Å²) in [5.41, 5.74) is 3.39. The molecule has 2 rings (SSSR count). The molecule has 104 valence electrons. The largest absolute Gasteiger partial charge is 0.375 e. The Morgan fingerprint density at radius 1 is 1.20 bits per heavy atom. The van der Waals surface area contributed by atoms with E-state index in [1.807, 2.05) is 26.0 Å². The number of rotatable bonds is 4. The zero-order chi connectivity index (χ0) is 14.7. The third kappa shape index (κ3) is 3.12. The second-order valence-corrected chi connectivity index (χ2v) is 4.70. The summed E-state index contributed by atoms with van der Waals surface area (Å²) in [5.74, 6) is -0.617. The van der Waals surface area contributed by atoms with Gasteiger partial charge in [0.2, 0.25) is 0 Å². The van der Waals surface area contributed by atoms with Gasteiger partial charge in [0.05, 0.1) is 11.0 Å². The van der Waals surface area contributed by atoms with E-state index in [1.54, 1.807) is 0 Å². The van der Waals surface area contributed by atoms with Gasteiger partial charge in [-0.2, -0.15) is 0 Å². The van der Waals surface area contributed by atoms with Gasteiger partial charge in [0.15, 0.2) is 0 Å². The molecule has 0 amide bonds. The minimum Gasteiger partial charge on any atom is -0.375 e. The highest BCUT2D eigenvalue weighted by molar-refractivity contribution is 5.61. The maximum Gasteiger partial charge on any atom is 0.295 e. The van der Waals surface area contributed by atoms with Crippen molar-refractivity contribution in [1.82, 2.24) is 0 Å². The number of hydrogen-bond acceptors (Lipinski definition) is 3. The first kappa shape index (κ1) is 14.0. The van der Waals surface area contributed by atoms with Crippen LogP contribution in [0.25, 0.3) is 0 Å². The molecule has 0 unspecified atom stereocenters. The second kappa shape index (κ2) is 5.69. The Morgan fingerprint density at radius 2 is 1.95 bits per heavy atom. The normalized spacial score (nSPS) is 10.3. The van der Waals surface area contributed by atoms with Crippen molar-refractivity contribution in [3.8, 4) is 0 Å². The van der Waals surface area contributed by atoms with Crippen molar-refractivity contribution >= 4 is 11.4 Å². The van der Waals surface area contributed by atoms with Gasteiger partial charge in [0.1, 0.15) is 11.5 Å². The number of anilines is 1. The van der Waals surface area contributed by atoms with Crippen LogP contribution in [-0.4, -0.2) is 4.92 Å². The molecule has 0 bridgehead atoms. The summed E-state index contributed by atoms with van der Waals surface area (Å²) in [6, 6.07) is 9.53. The lowest BCUT2D eigenvalue weighted by Crippen LogP contribution is -2.04. The number of nitrogens with one attached hydrogen (secondary N) is 1. The molecule has 0 saturated carbocycles. The van der Waals surface area contributed by atoms with Crippen molar-refractivity contribution in [2.24, 2.45) is 0 Å². The topological polar surface area (TPSA) is 55.2 Å². The highest BCUT2D eigenvalue weighted by Crippen LogP contribution is 2.25. The Kier molecular flexibility index (Phi) is 3.98. The van der Waals surface area contributed by atoms with Crippen LogP contribution in [0.4, 0.5) is 15.8 Å². The van der Waals surface area contributed by atoms with E-state index in [0.29, 0.717) is 12.2 Å². The van der Waals surface area contributed by atoms with Gasteiger partial charge >= 0.3 is 0 Å². The van der Waals surface area contributed by atoms with E-state index in [1.165, 1.54) is 17.7 Å². The van der Waals surface area contributed by atoms with Crippen LogP contribution in [0.3, 0.4) is 0 Å². The van der Waals surface area contributed by atoms with Crippen molar-refractivity contribution in [3.63, 3.8) is 0 Å². The zero-order valence-corrected chi connectivity index (χ0v) is 11.3. The molecule has 0 fully saturated rings. The molecule has 0 aromatic heterocycles. The summed E-state index contributed by atoms with van der Waals surface area (Å²) in [7, 11) is 0. The average Bonchev–Trinajstić information content (AvgIpc) is 2.38. The number of hydrogen-bond donors (Lipinski definition) is 1. The highest BCUT2D eigenvalue weighted by atomic mass is 19.1. The van der Waals surface area contributed by atoms with Crippen molar-refractivity contribution in [2.45, 2.75) is 20.4 Å². The molecule has 0 aliphatic carbocycles. The average molecular weight is 274 g/mol. The quantitative estimate of drug-likeness (QED) is 0.678. The summed E-state index contributed by atoms with van der Waals surface area (Å²) in [6.07, 6.45) is 0. The fourth-order valence-electron chi connectivity index (χ4n) is 2.04. The third-order valence-corrected chi connectivity index (χ3v) is 3.12. The lowest BCUT2D eigenvalue weighted by Gasteiger charge is -2.10. The first-order valence-corrected chi connectivity index (χ1v) is 6.21. The van der Waals surface area contributed by atoms with Crippen LogP contribution in [0.1, 0.15) is 16.7 Å². The SMILES string of the molecule is Cc1ccc(CNc2ccc(F)cc2[N+](=O)[O-])c(C)c1. The Bertz CT molecular complexity index is 656. The van der Waals surface area contributed by atoms with E-state index >= 15 is 0 Å². The molecule has 0 saturated heterocycles. The molecule has 0 radical (unpaired) electrons. The van der Waals surface area contributed by atoms with Crippen LogP contribution >= 0.6 is 0 Å². The van der Waals surface area contributed by atoms with E-state index in [0.717, 1.165) is 17.2 Å². The van der Waals surface area contributed by atoms with Crippen LogP contribution in [0.5, 0.6) is 0 Å². The molecule has 2 aromatic rings. The Morgan fingerprint density at radius 3 is 2.60 bits per heavy atom. The fraction of sp³-hybridized carbons (Fsp3) is 0.200. The van der Waals surface area contributed by atoms with E-state index in [2.05, 4.69) is 11.4 Å². The van der Waals surface area contributed by atoms with Gasteiger partial charge < -0.3 is 5.32 Å². The highest BCUT2D eigenvalue weighted by Gasteiger charge is 2.14. The molecular weight excluding hydrogens is 259 g/mol. The molecule has 0 aliphatic rings. The summed E-state index contributed by atoms with van der Waals surface area (Å²) in [5, 5.41) is 13.9. The number of nitro groups is 1. The smallest absolute Gasteiger partial charge is 0.295 e. The number of aryl methyl sites for hydroxylation is 2. The third-order valence-electron chi connectivity index (χ3n) is 3.12. The standard InChI is InChI=1S/C15H15FN2O2/c1-10-3-4-12(11(2)7-10)9-17-14-6-5-13(16)8-15(14)18(19)20/h3-8,17H,9H2,1-2H3. The minimum atomic E-state index is -0.617. The second-order valence-electron chi connectivity index (χ2n) is 4.70. The molecular formula is C15H15FN2O2. The van der Waals surface area contributed by atoms with Crippen molar-refractivity contribution in [2.75, 3.05) is 5.32 Å². The molecule has 5 heteroatoms.